The van der Waals surface area contributed by atoms with E-state index in [4.69, 9.17) is 16.3 Å². The summed E-state index contributed by atoms with van der Waals surface area (Å²) in [6, 6.07) is 15.9. The third kappa shape index (κ3) is 5.04. The number of ether oxygens (including phenoxy) is 1. The van der Waals surface area contributed by atoms with Crippen LogP contribution in [0.4, 0.5) is 11.4 Å². The maximum absolute atomic E-state index is 13.6. The Kier molecular flexibility index (Phi) is 6.88. The van der Waals surface area contributed by atoms with Crippen molar-refractivity contribution in [3.05, 3.63) is 80.9 Å². The highest BCUT2D eigenvalue weighted by Gasteiger charge is 2.30. The molecular formula is C24H22ClN3O5S2. The van der Waals surface area contributed by atoms with Gasteiger partial charge < -0.3 is 14.6 Å². The van der Waals surface area contributed by atoms with Gasteiger partial charge in [-0.15, -0.1) is 0 Å². The Bertz CT molecular complexity index is 1580. The summed E-state index contributed by atoms with van der Waals surface area (Å²) in [5.74, 6) is -0.335. The number of rotatable bonds is 7. The summed E-state index contributed by atoms with van der Waals surface area (Å²) < 4.78 is 35.8. The smallest absolute Gasteiger partial charge is 0.307 e. The number of aromatic nitrogens is 1. The fourth-order valence-corrected chi connectivity index (χ4v) is 6.05. The molecule has 0 radical (unpaired) electrons. The quantitative estimate of drug-likeness (QED) is 0.381. The van der Waals surface area contributed by atoms with Gasteiger partial charge in [0.2, 0.25) is 5.91 Å². The molecular weight excluding hydrogens is 510 g/mol. The molecule has 1 N–H and O–H groups in total. The Balaban J connectivity index is 1.71. The maximum atomic E-state index is 13.6. The van der Waals surface area contributed by atoms with Crippen LogP contribution < -0.4 is 19.2 Å². The van der Waals surface area contributed by atoms with Gasteiger partial charge in [0.1, 0.15) is 12.3 Å². The van der Waals surface area contributed by atoms with E-state index in [2.05, 4.69) is 5.32 Å². The Hall–Kier alpha value is -3.34. The monoisotopic (exact) mass is 531 g/mol. The number of carbonyl (C=O) groups is 1. The van der Waals surface area contributed by atoms with E-state index in [0.717, 1.165) is 26.7 Å². The second-order valence-electron chi connectivity index (χ2n) is 7.80. The van der Waals surface area contributed by atoms with Crippen molar-refractivity contribution in [3.63, 3.8) is 0 Å². The molecule has 1 amide bonds. The van der Waals surface area contributed by atoms with Crippen molar-refractivity contribution < 1.29 is 17.9 Å². The third-order valence-electron chi connectivity index (χ3n) is 5.38. The molecule has 1 heterocycles. The van der Waals surface area contributed by atoms with Crippen molar-refractivity contribution in [2.45, 2.75) is 11.8 Å². The van der Waals surface area contributed by atoms with Gasteiger partial charge in [0, 0.05) is 17.8 Å². The van der Waals surface area contributed by atoms with Crippen molar-refractivity contribution in [1.82, 2.24) is 4.57 Å². The number of hydrogen-bond acceptors (Lipinski definition) is 6. The van der Waals surface area contributed by atoms with Crippen LogP contribution in [0.3, 0.4) is 0 Å². The number of carbonyl (C=O) groups excluding carboxylic acids is 1. The van der Waals surface area contributed by atoms with Crippen LogP contribution in [0.2, 0.25) is 5.02 Å². The number of aryl methyl sites for hydroxylation is 2. The van der Waals surface area contributed by atoms with Gasteiger partial charge in [0.05, 0.1) is 27.9 Å². The lowest BCUT2D eigenvalue weighted by Gasteiger charge is -2.26. The van der Waals surface area contributed by atoms with E-state index in [1.165, 1.54) is 29.9 Å². The Morgan fingerprint density at radius 2 is 1.83 bits per heavy atom. The SMILES string of the molecule is COc1ccc(Cl)cc1N(CC(=O)Nc1ccc2c(c1)sc(=O)n2C)S(=O)(=O)c1ccc(C)cc1. The molecule has 182 valence electrons. The maximum Gasteiger partial charge on any atom is 0.307 e. The second kappa shape index (κ2) is 9.73. The lowest BCUT2D eigenvalue weighted by atomic mass is 10.2. The molecule has 0 atom stereocenters. The first-order chi connectivity index (χ1) is 16.6. The Labute approximate surface area is 211 Å². The molecule has 3 aromatic carbocycles. The summed E-state index contributed by atoms with van der Waals surface area (Å²) >= 11 is 7.23. The number of fused-ring (bicyclic) bond motifs is 1. The highest BCUT2D eigenvalue weighted by molar-refractivity contribution is 7.92. The van der Waals surface area contributed by atoms with E-state index in [1.54, 1.807) is 49.5 Å². The van der Waals surface area contributed by atoms with Crippen LogP contribution in [-0.2, 0) is 21.9 Å². The van der Waals surface area contributed by atoms with Gasteiger partial charge in [-0.2, -0.15) is 0 Å². The second-order valence-corrected chi connectivity index (χ2v) is 11.1. The zero-order valence-corrected chi connectivity index (χ0v) is 21.5. The number of nitrogens with zero attached hydrogens (tertiary/aromatic N) is 2. The summed E-state index contributed by atoms with van der Waals surface area (Å²) in [6.45, 7) is 1.32. The van der Waals surface area contributed by atoms with Crippen molar-refractivity contribution in [2.75, 3.05) is 23.3 Å². The van der Waals surface area contributed by atoms with E-state index in [9.17, 15) is 18.0 Å². The van der Waals surface area contributed by atoms with E-state index >= 15 is 0 Å². The highest BCUT2D eigenvalue weighted by atomic mass is 35.5. The topological polar surface area (TPSA) is 97.7 Å². The van der Waals surface area contributed by atoms with Gasteiger partial charge in [-0.1, -0.05) is 40.6 Å². The third-order valence-corrected chi connectivity index (χ3v) is 8.39. The molecule has 1 aromatic heterocycles. The number of hydrogen-bond donors (Lipinski definition) is 1. The fraction of sp³-hybridized carbons (Fsp3) is 0.167. The summed E-state index contributed by atoms with van der Waals surface area (Å²) in [7, 11) is -1.07. The average molecular weight is 532 g/mol. The van der Waals surface area contributed by atoms with Gasteiger partial charge in [-0.05, 0) is 55.5 Å². The number of halogens is 1. The van der Waals surface area contributed by atoms with Crippen LogP contribution >= 0.6 is 22.9 Å². The molecule has 0 aliphatic heterocycles. The minimum Gasteiger partial charge on any atom is -0.495 e. The van der Waals surface area contributed by atoms with Gasteiger partial charge >= 0.3 is 4.87 Å². The molecule has 0 saturated carbocycles. The number of amides is 1. The van der Waals surface area contributed by atoms with Crippen molar-refractivity contribution in [3.8, 4) is 5.75 Å². The summed E-state index contributed by atoms with van der Waals surface area (Å²) in [5, 5.41) is 3.01. The molecule has 0 saturated heterocycles. The molecule has 0 aliphatic rings. The molecule has 8 nitrogen and oxygen atoms in total. The molecule has 0 fully saturated rings. The first-order valence-corrected chi connectivity index (χ1v) is 13.1. The Morgan fingerprint density at radius 3 is 2.51 bits per heavy atom. The molecule has 0 unspecified atom stereocenters. The molecule has 0 aliphatic carbocycles. The number of benzene rings is 3. The molecule has 0 spiro atoms. The number of sulfonamides is 1. The zero-order valence-electron chi connectivity index (χ0n) is 19.1. The Morgan fingerprint density at radius 1 is 1.11 bits per heavy atom. The number of nitrogens with one attached hydrogen (secondary N) is 1. The van der Waals surface area contributed by atoms with Crippen LogP contribution in [0.1, 0.15) is 5.56 Å². The molecule has 4 aromatic rings. The van der Waals surface area contributed by atoms with E-state index < -0.39 is 22.5 Å². The summed E-state index contributed by atoms with van der Waals surface area (Å²) in [5.41, 5.74) is 2.21. The van der Waals surface area contributed by atoms with Crippen LogP contribution in [0, 0.1) is 6.92 Å². The summed E-state index contributed by atoms with van der Waals surface area (Å²) in [4.78, 5) is 24.9. The van der Waals surface area contributed by atoms with Gasteiger partial charge in [-0.25, -0.2) is 8.42 Å². The largest absolute Gasteiger partial charge is 0.495 e. The molecule has 4 rings (SSSR count). The van der Waals surface area contributed by atoms with Gasteiger partial charge in [0.25, 0.3) is 10.0 Å². The first kappa shape index (κ1) is 24.8. The predicted octanol–water partition coefficient (Wildman–Crippen LogP) is 4.40. The van der Waals surface area contributed by atoms with Crippen LogP contribution in [0.15, 0.2) is 70.4 Å². The van der Waals surface area contributed by atoms with Crippen molar-refractivity contribution >= 4 is 60.5 Å². The lowest BCUT2D eigenvalue weighted by molar-refractivity contribution is -0.114. The van der Waals surface area contributed by atoms with Crippen LogP contribution in [0.5, 0.6) is 5.75 Å². The number of methoxy groups -OCH3 is 1. The van der Waals surface area contributed by atoms with Crippen LogP contribution in [0.25, 0.3) is 10.2 Å². The molecule has 11 heteroatoms. The normalized spacial score (nSPS) is 11.4. The lowest BCUT2D eigenvalue weighted by Crippen LogP contribution is -2.38. The predicted molar refractivity (Wildman–Crippen MR) is 139 cm³/mol. The number of anilines is 2. The minimum absolute atomic E-state index is 0.0217. The van der Waals surface area contributed by atoms with E-state index in [0.29, 0.717) is 10.4 Å². The van der Waals surface area contributed by atoms with Gasteiger partial charge in [0.15, 0.2) is 0 Å². The average Bonchev–Trinajstić information content (AvgIpc) is 3.10. The van der Waals surface area contributed by atoms with Gasteiger partial charge in [-0.3, -0.25) is 13.9 Å². The van der Waals surface area contributed by atoms with Crippen molar-refractivity contribution in [2.24, 2.45) is 7.05 Å². The molecule has 0 bridgehead atoms. The van der Waals surface area contributed by atoms with E-state index in [1.807, 2.05) is 6.92 Å². The molecule has 35 heavy (non-hydrogen) atoms. The van der Waals surface area contributed by atoms with E-state index in [-0.39, 0.29) is 26.2 Å². The fourth-order valence-electron chi connectivity index (χ4n) is 3.54. The van der Waals surface area contributed by atoms with Crippen molar-refractivity contribution in [1.29, 1.82) is 0 Å². The first-order valence-electron chi connectivity index (χ1n) is 10.4. The highest BCUT2D eigenvalue weighted by Crippen LogP contribution is 2.35. The minimum atomic E-state index is -4.15. The standard InChI is InChI=1S/C24H22ClN3O5S2/c1-15-4-8-18(9-5-15)35(31,32)28(20-12-16(25)6-11-21(20)33-3)14-23(29)26-17-7-10-19-22(13-17)34-24(30)27(19)2/h4-13H,14H2,1-3H3,(H,26,29). The van der Waals surface area contributed by atoms with Crippen LogP contribution in [-0.4, -0.2) is 32.5 Å². The summed E-state index contributed by atoms with van der Waals surface area (Å²) in [6.07, 6.45) is 0. The number of thiazole rings is 1. The zero-order chi connectivity index (χ0) is 25.3.